The maximum absolute atomic E-state index is 5.47. The third kappa shape index (κ3) is 2.04. The van der Waals surface area contributed by atoms with E-state index in [4.69, 9.17) is 14.9 Å². The fourth-order valence-corrected chi connectivity index (χ4v) is 1.89. The molecule has 0 aliphatic carbocycles. The third-order valence-corrected chi connectivity index (χ3v) is 2.85. The molecule has 0 aromatic carbocycles. The van der Waals surface area contributed by atoms with Crippen molar-refractivity contribution in [3.8, 4) is 0 Å². The highest BCUT2D eigenvalue weighted by atomic mass is 16.5. The number of nitrogens with two attached hydrogens (primary N) is 1. The molecule has 0 radical (unpaired) electrons. The van der Waals surface area contributed by atoms with Crippen molar-refractivity contribution in [1.29, 1.82) is 0 Å². The lowest BCUT2D eigenvalue weighted by molar-refractivity contribution is -0.00562. The summed E-state index contributed by atoms with van der Waals surface area (Å²) in [5.41, 5.74) is 5.25. The smallest absolute Gasteiger partial charge is 0.319 e. The lowest BCUT2D eigenvalue weighted by atomic mass is 9.95. The number of anilines is 2. The van der Waals surface area contributed by atoms with Crippen LogP contribution in [0, 0.1) is 0 Å². The quantitative estimate of drug-likeness (QED) is 0.775. The molecule has 1 aromatic heterocycles. The van der Waals surface area contributed by atoms with Crippen LogP contribution in [0.2, 0.25) is 0 Å². The van der Waals surface area contributed by atoms with Crippen LogP contribution in [0.5, 0.6) is 0 Å². The van der Waals surface area contributed by atoms with Gasteiger partial charge in [-0.05, 0) is 19.8 Å². The first-order chi connectivity index (χ1) is 7.13. The van der Waals surface area contributed by atoms with Crippen molar-refractivity contribution in [3.63, 3.8) is 0 Å². The standard InChI is InChI=1S/C9H16N4O2/c1-9(14-2)4-3-5-13(6-9)8-12-11-7(10)15-8/h3-6H2,1-2H3,(H2,10,11). The Morgan fingerprint density at radius 2 is 2.33 bits per heavy atom. The maximum Gasteiger partial charge on any atom is 0.319 e. The SMILES string of the molecule is COC1(C)CCCN(c2nnc(N)o2)C1. The number of hydrogen-bond donors (Lipinski definition) is 1. The van der Waals surface area contributed by atoms with Crippen molar-refractivity contribution in [2.75, 3.05) is 30.8 Å². The van der Waals surface area contributed by atoms with E-state index in [0.717, 1.165) is 25.9 Å². The molecule has 0 amide bonds. The molecule has 1 aliphatic heterocycles. The van der Waals surface area contributed by atoms with Gasteiger partial charge in [0.2, 0.25) is 0 Å². The van der Waals surface area contributed by atoms with Crippen LogP contribution in [0.3, 0.4) is 0 Å². The zero-order valence-corrected chi connectivity index (χ0v) is 9.06. The molecule has 6 heteroatoms. The summed E-state index contributed by atoms with van der Waals surface area (Å²) in [5, 5.41) is 7.51. The molecular weight excluding hydrogens is 196 g/mol. The minimum atomic E-state index is -0.137. The summed E-state index contributed by atoms with van der Waals surface area (Å²) in [6.07, 6.45) is 2.09. The van der Waals surface area contributed by atoms with Gasteiger partial charge >= 0.3 is 12.0 Å². The van der Waals surface area contributed by atoms with Crippen molar-refractivity contribution >= 4 is 12.0 Å². The van der Waals surface area contributed by atoms with Crippen molar-refractivity contribution < 1.29 is 9.15 Å². The van der Waals surface area contributed by atoms with Crippen LogP contribution >= 0.6 is 0 Å². The lowest BCUT2D eigenvalue weighted by Gasteiger charge is -2.38. The Morgan fingerprint density at radius 3 is 2.93 bits per heavy atom. The van der Waals surface area contributed by atoms with Crippen molar-refractivity contribution in [3.05, 3.63) is 0 Å². The number of rotatable bonds is 2. The van der Waals surface area contributed by atoms with E-state index in [2.05, 4.69) is 17.1 Å². The summed E-state index contributed by atoms with van der Waals surface area (Å²) < 4.78 is 10.7. The Bertz CT molecular complexity index is 341. The van der Waals surface area contributed by atoms with E-state index in [9.17, 15) is 0 Å². The van der Waals surface area contributed by atoms with Gasteiger partial charge in [-0.15, -0.1) is 0 Å². The van der Waals surface area contributed by atoms with E-state index < -0.39 is 0 Å². The minimum Gasteiger partial charge on any atom is -0.390 e. The molecule has 1 aromatic rings. The number of methoxy groups -OCH3 is 1. The maximum atomic E-state index is 5.47. The summed E-state index contributed by atoms with van der Waals surface area (Å²) in [7, 11) is 1.73. The molecule has 84 valence electrons. The van der Waals surface area contributed by atoms with Gasteiger partial charge in [-0.2, -0.15) is 0 Å². The van der Waals surface area contributed by atoms with Gasteiger partial charge in [0, 0.05) is 13.7 Å². The van der Waals surface area contributed by atoms with Gasteiger partial charge < -0.3 is 19.8 Å². The second-order valence-corrected chi connectivity index (χ2v) is 4.10. The summed E-state index contributed by atoms with van der Waals surface area (Å²) in [4.78, 5) is 2.01. The first-order valence-electron chi connectivity index (χ1n) is 5.02. The first-order valence-corrected chi connectivity index (χ1v) is 5.02. The molecule has 6 nitrogen and oxygen atoms in total. The van der Waals surface area contributed by atoms with Crippen LogP contribution in [0.4, 0.5) is 12.0 Å². The highest BCUT2D eigenvalue weighted by Gasteiger charge is 2.32. The molecule has 0 bridgehead atoms. The van der Waals surface area contributed by atoms with Gasteiger partial charge in [0.05, 0.1) is 12.1 Å². The molecule has 1 atom stereocenters. The predicted octanol–water partition coefficient (Wildman–Crippen LogP) is 0.657. The van der Waals surface area contributed by atoms with E-state index in [1.807, 2.05) is 4.90 Å². The summed E-state index contributed by atoms with van der Waals surface area (Å²) in [5.74, 6) is 0. The average molecular weight is 212 g/mol. The van der Waals surface area contributed by atoms with Gasteiger partial charge in [0.25, 0.3) is 0 Å². The van der Waals surface area contributed by atoms with Crippen LogP contribution in [-0.4, -0.2) is 36.0 Å². The van der Waals surface area contributed by atoms with Crippen LogP contribution in [-0.2, 0) is 4.74 Å². The highest BCUT2D eigenvalue weighted by molar-refractivity contribution is 5.29. The third-order valence-electron chi connectivity index (χ3n) is 2.85. The fraction of sp³-hybridized carbons (Fsp3) is 0.778. The number of aromatic nitrogens is 2. The van der Waals surface area contributed by atoms with E-state index in [1.54, 1.807) is 7.11 Å². The molecule has 2 rings (SSSR count). The Labute approximate surface area is 88.4 Å². The largest absolute Gasteiger partial charge is 0.390 e. The molecule has 1 unspecified atom stereocenters. The molecule has 1 aliphatic rings. The number of nitrogens with zero attached hydrogens (tertiary/aromatic N) is 3. The normalized spacial score (nSPS) is 26.9. The minimum absolute atomic E-state index is 0.106. The number of hydrogen-bond acceptors (Lipinski definition) is 6. The topological polar surface area (TPSA) is 77.4 Å². The molecule has 15 heavy (non-hydrogen) atoms. The van der Waals surface area contributed by atoms with Crippen molar-refractivity contribution in [2.45, 2.75) is 25.4 Å². The summed E-state index contributed by atoms with van der Waals surface area (Å²) >= 11 is 0. The zero-order valence-electron chi connectivity index (χ0n) is 9.06. The van der Waals surface area contributed by atoms with Crippen LogP contribution in [0.1, 0.15) is 19.8 Å². The lowest BCUT2D eigenvalue weighted by Crippen LogP contribution is -2.47. The van der Waals surface area contributed by atoms with Gasteiger partial charge in [0.1, 0.15) is 0 Å². The monoisotopic (exact) mass is 212 g/mol. The van der Waals surface area contributed by atoms with Gasteiger partial charge in [-0.25, -0.2) is 0 Å². The zero-order chi connectivity index (χ0) is 10.9. The van der Waals surface area contributed by atoms with Crippen molar-refractivity contribution in [2.24, 2.45) is 0 Å². The van der Waals surface area contributed by atoms with Gasteiger partial charge in [-0.3, -0.25) is 0 Å². The molecule has 0 spiro atoms. The molecule has 2 N–H and O–H groups in total. The molecule has 1 fully saturated rings. The molecular formula is C9H16N4O2. The first kappa shape index (κ1) is 10.2. The fourth-order valence-electron chi connectivity index (χ4n) is 1.89. The second-order valence-electron chi connectivity index (χ2n) is 4.10. The second kappa shape index (κ2) is 3.69. The van der Waals surface area contributed by atoms with E-state index in [0.29, 0.717) is 6.01 Å². The number of piperidine rings is 1. The van der Waals surface area contributed by atoms with E-state index >= 15 is 0 Å². The number of ether oxygens (including phenoxy) is 1. The Kier molecular flexibility index (Phi) is 2.52. The van der Waals surface area contributed by atoms with Gasteiger partial charge in [0.15, 0.2) is 0 Å². The van der Waals surface area contributed by atoms with Crippen molar-refractivity contribution in [1.82, 2.24) is 10.2 Å². The summed E-state index contributed by atoms with van der Waals surface area (Å²) in [6.45, 7) is 3.74. The molecule has 1 saturated heterocycles. The van der Waals surface area contributed by atoms with Crippen LogP contribution in [0.15, 0.2) is 4.42 Å². The highest BCUT2D eigenvalue weighted by Crippen LogP contribution is 2.27. The Hall–Kier alpha value is -1.30. The number of nitrogen functional groups attached to an aromatic ring is 1. The predicted molar refractivity (Wildman–Crippen MR) is 55.6 cm³/mol. The van der Waals surface area contributed by atoms with Gasteiger partial charge in [-0.1, -0.05) is 10.2 Å². The average Bonchev–Trinajstić information content (AvgIpc) is 2.65. The van der Waals surface area contributed by atoms with Crippen LogP contribution < -0.4 is 10.6 Å². The Morgan fingerprint density at radius 1 is 1.53 bits per heavy atom. The Balaban J connectivity index is 2.11. The summed E-state index contributed by atoms with van der Waals surface area (Å²) in [6, 6.07) is 0.588. The van der Waals surface area contributed by atoms with Crippen LogP contribution in [0.25, 0.3) is 0 Å². The van der Waals surface area contributed by atoms with E-state index in [1.165, 1.54) is 0 Å². The molecule has 2 heterocycles. The molecule has 0 saturated carbocycles. The van der Waals surface area contributed by atoms with E-state index in [-0.39, 0.29) is 11.6 Å².